The number of carbonyl (C=O) groups is 2. The number of fused-ring (bicyclic) bond motifs is 1. The molecule has 0 saturated carbocycles. The Labute approximate surface area is 161 Å². The minimum atomic E-state index is -0.413. The van der Waals surface area contributed by atoms with Crippen LogP contribution in [0.2, 0.25) is 0 Å². The highest BCUT2D eigenvalue weighted by Gasteiger charge is 2.40. The molecule has 0 aromatic heterocycles. The van der Waals surface area contributed by atoms with E-state index in [-0.39, 0.29) is 0 Å². The summed E-state index contributed by atoms with van der Waals surface area (Å²) in [5.41, 5.74) is 3.45. The van der Waals surface area contributed by atoms with E-state index in [1.807, 2.05) is 25.1 Å². The fraction of sp³-hybridized carbons (Fsp3) is 0.300. The molecule has 0 radical (unpaired) electrons. The molecule has 1 fully saturated rings. The molecule has 4 rings (SSSR count). The molecule has 0 aliphatic carbocycles. The molecule has 0 spiro atoms. The lowest BCUT2D eigenvalue weighted by Gasteiger charge is -2.35. The zero-order chi connectivity index (χ0) is 18.3. The van der Waals surface area contributed by atoms with Crippen LogP contribution in [0.1, 0.15) is 15.9 Å². The zero-order valence-corrected chi connectivity index (χ0v) is 16.3. The molecule has 2 aromatic carbocycles. The van der Waals surface area contributed by atoms with Gasteiger partial charge in [0.25, 0.3) is 5.78 Å². The van der Waals surface area contributed by atoms with Crippen molar-refractivity contribution in [3.63, 3.8) is 0 Å². The number of rotatable bonds is 3. The molecule has 2 aliphatic heterocycles. The predicted molar refractivity (Wildman–Crippen MR) is 105 cm³/mol. The lowest BCUT2D eigenvalue weighted by molar-refractivity contribution is -0.899. The number of hydrogen-bond acceptors (Lipinski definition) is 3. The fourth-order valence-electron chi connectivity index (χ4n) is 3.71. The third-order valence-electron chi connectivity index (χ3n) is 5.24. The Morgan fingerprint density at radius 3 is 2.42 bits per heavy atom. The van der Waals surface area contributed by atoms with Gasteiger partial charge in [0, 0.05) is 10.2 Å². The number of anilines is 2. The first kappa shape index (κ1) is 17.2. The highest BCUT2D eigenvalue weighted by atomic mass is 79.9. The number of para-hydroxylation sites is 1. The largest absolute Gasteiger partial charge is 0.360 e. The van der Waals surface area contributed by atoms with Gasteiger partial charge in [-0.3, -0.25) is 14.5 Å². The second-order valence-corrected chi connectivity index (χ2v) is 7.68. The Kier molecular flexibility index (Phi) is 4.54. The fourth-order valence-corrected chi connectivity index (χ4v) is 4.22. The van der Waals surface area contributed by atoms with Crippen LogP contribution in [0.5, 0.6) is 0 Å². The van der Waals surface area contributed by atoms with E-state index >= 15 is 0 Å². The van der Waals surface area contributed by atoms with E-state index in [0.29, 0.717) is 12.2 Å². The number of carbonyl (C=O) groups excluding carboxylic acids is 2. The molecular weight excluding hydrogens is 394 g/mol. The standard InChI is InChI=1S/C20H20BrN3O2/c1-14-7-8-16-17(18(14)21)19(25)20(26)24(16)13-22-9-11-23(12-10-22)15-5-3-2-4-6-15/h2-8H,9-13H2,1H3/p+1. The van der Waals surface area contributed by atoms with Crippen LogP contribution < -0.4 is 14.7 Å². The van der Waals surface area contributed by atoms with Crippen molar-refractivity contribution >= 4 is 39.0 Å². The van der Waals surface area contributed by atoms with Crippen molar-refractivity contribution in [2.75, 3.05) is 42.6 Å². The van der Waals surface area contributed by atoms with Gasteiger partial charge in [0.2, 0.25) is 0 Å². The van der Waals surface area contributed by atoms with Crippen LogP contribution in [0, 0.1) is 6.92 Å². The van der Waals surface area contributed by atoms with Crippen LogP contribution in [-0.2, 0) is 4.79 Å². The summed E-state index contributed by atoms with van der Waals surface area (Å²) in [5, 5.41) is 0. The summed E-state index contributed by atoms with van der Waals surface area (Å²) in [4.78, 5) is 30.3. The second kappa shape index (κ2) is 6.85. The first-order chi connectivity index (χ1) is 12.6. The summed E-state index contributed by atoms with van der Waals surface area (Å²) in [6.45, 7) is 6.23. The SMILES string of the molecule is Cc1ccc2c(c1Br)C(=O)C(=O)N2C[NH+]1CCN(c2ccccc2)CC1. The highest BCUT2D eigenvalue weighted by Crippen LogP contribution is 2.35. The monoisotopic (exact) mass is 414 g/mol. The number of hydrogen-bond donors (Lipinski definition) is 1. The number of piperazine rings is 1. The number of ketones is 1. The van der Waals surface area contributed by atoms with E-state index in [0.717, 1.165) is 41.9 Å². The Balaban J connectivity index is 1.47. The van der Waals surface area contributed by atoms with Crippen LogP contribution in [0.15, 0.2) is 46.9 Å². The molecule has 0 bridgehead atoms. The molecule has 0 unspecified atom stereocenters. The Morgan fingerprint density at radius 2 is 1.73 bits per heavy atom. The van der Waals surface area contributed by atoms with Crippen LogP contribution in [0.25, 0.3) is 0 Å². The van der Waals surface area contributed by atoms with Gasteiger partial charge < -0.3 is 9.80 Å². The predicted octanol–water partition coefficient (Wildman–Crippen LogP) is 1.65. The van der Waals surface area contributed by atoms with E-state index in [1.165, 1.54) is 10.6 Å². The summed E-state index contributed by atoms with van der Waals surface area (Å²) < 4.78 is 0.736. The average Bonchev–Trinajstić information content (AvgIpc) is 2.91. The van der Waals surface area contributed by atoms with Gasteiger partial charge in [-0.05, 0) is 46.6 Å². The lowest BCUT2D eigenvalue weighted by Crippen LogP contribution is -3.16. The number of quaternary nitrogens is 1. The number of benzene rings is 2. The Morgan fingerprint density at radius 1 is 1.04 bits per heavy atom. The number of halogens is 1. The highest BCUT2D eigenvalue weighted by molar-refractivity contribution is 9.10. The van der Waals surface area contributed by atoms with Crippen molar-refractivity contribution in [3.8, 4) is 0 Å². The maximum Gasteiger partial charge on any atom is 0.303 e. The molecule has 1 N–H and O–H groups in total. The molecule has 6 heteroatoms. The molecule has 5 nitrogen and oxygen atoms in total. The molecule has 0 atom stereocenters. The maximum absolute atomic E-state index is 12.5. The van der Waals surface area contributed by atoms with Gasteiger partial charge in [0.05, 0.1) is 37.4 Å². The summed E-state index contributed by atoms with van der Waals surface area (Å²) >= 11 is 3.47. The average molecular weight is 415 g/mol. The number of aryl methyl sites for hydroxylation is 1. The van der Waals surface area contributed by atoms with Gasteiger partial charge in [0.1, 0.15) is 0 Å². The Hall–Kier alpha value is -2.18. The van der Waals surface area contributed by atoms with Crippen molar-refractivity contribution in [2.45, 2.75) is 6.92 Å². The molecule has 26 heavy (non-hydrogen) atoms. The number of amides is 1. The van der Waals surface area contributed by atoms with Gasteiger partial charge in [-0.25, -0.2) is 0 Å². The smallest absolute Gasteiger partial charge is 0.303 e. The zero-order valence-electron chi connectivity index (χ0n) is 14.7. The first-order valence-corrected chi connectivity index (χ1v) is 9.64. The molecule has 2 heterocycles. The van der Waals surface area contributed by atoms with Crippen molar-refractivity contribution < 1.29 is 14.5 Å². The Bertz CT molecular complexity index is 861. The van der Waals surface area contributed by atoms with Gasteiger partial charge in [-0.15, -0.1) is 0 Å². The van der Waals surface area contributed by atoms with Crippen molar-refractivity contribution in [1.82, 2.24) is 0 Å². The number of Topliss-reactive ketones (excluding diaryl/α,β-unsaturated/α-hetero) is 1. The third-order valence-corrected chi connectivity index (χ3v) is 6.27. The van der Waals surface area contributed by atoms with Crippen LogP contribution in [0.4, 0.5) is 11.4 Å². The van der Waals surface area contributed by atoms with Crippen molar-refractivity contribution in [3.05, 3.63) is 58.1 Å². The molecule has 1 saturated heterocycles. The van der Waals surface area contributed by atoms with Crippen LogP contribution in [0.3, 0.4) is 0 Å². The van der Waals surface area contributed by atoms with E-state index in [1.54, 1.807) is 4.90 Å². The van der Waals surface area contributed by atoms with Gasteiger partial charge in [-0.1, -0.05) is 24.3 Å². The van der Waals surface area contributed by atoms with Gasteiger partial charge in [-0.2, -0.15) is 0 Å². The third kappa shape index (κ3) is 2.93. The topological polar surface area (TPSA) is 45.1 Å². The molecule has 2 aromatic rings. The van der Waals surface area contributed by atoms with E-state index in [4.69, 9.17) is 0 Å². The number of nitrogens with zero attached hydrogens (tertiary/aromatic N) is 2. The minimum absolute atomic E-state index is 0.405. The lowest BCUT2D eigenvalue weighted by atomic mass is 10.1. The maximum atomic E-state index is 12.5. The van der Waals surface area contributed by atoms with Crippen LogP contribution in [-0.4, -0.2) is 44.5 Å². The van der Waals surface area contributed by atoms with Crippen molar-refractivity contribution in [2.24, 2.45) is 0 Å². The van der Waals surface area contributed by atoms with E-state index in [2.05, 4.69) is 45.1 Å². The molecule has 2 aliphatic rings. The summed E-state index contributed by atoms with van der Waals surface area (Å²) in [7, 11) is 0. The van der Waals surface area contributed by atoms with E-state index < -0.39 is 11.7 Å². The molecule has 134 valence electrons. The van der Waals surface area contributed by atoms with Crippen molar-refractivity contribution in [1.29, 1.82) is 0 Å². The summed E-state index contributed by atoms with van der Waals surface area (Å²) in [6.07, 6.45) is 0. The van der Waals surface area contributed by atoms with Gasteiger partial charge in [0.15, 0.2) is 6.67 Å². The normalized spacial score (nSPS) is 17.8. The summed E-state index contributed by atoms with van der Waals surface area (Å²) in [6, 6.07) is 14.2. The van der Waals surface area contributed by atoms with Gasteiger partial charge >= 0.3 is 5.91 Å². The minimum Gasteiger partial charge on any atom is -0.360 e. The first-order valence-electron chi connectivity index (χ1n) is 8.85. The molecule has 1 amide bonds. The van der Waals surface area contributed by atoms with Crippen LogP contribution >= 0.6 is 15.9 Å². The summed E-state index contributed by atoms with van der Waals surface area (Å²) in [5.74, 6) is -0.817. The second-order valence-electron chi connectivity index (χ2n) is 6.88. The van der Waals surface area contributed by atoms with E-state index in [9.17, 15) is 9.59 Å². The number of nitrogens with one attached hydrogen (secondary N) is 1. The molecular formula is C20H21BrN3O2+. The quantitative estimate of drug-likeness (QED) is 0.776.